The van der Waals surface area contributed by atoms with E-state index in [-0.39, 0.29) is 27.7 Å². The zero-order chi connectivity index (χ0) is 25.6. The smallest absolute Gasteiger partial charge is 0.270 e. The quantitative estimate of drug-likeness (QED) is 0.246. The van der Waals surface area contributed by atoms with Crippen molar-refractivity contribution in [2.75, 3.05) is 6.54 Å². The number of nitro groups is 1. The fourth-order valence-electron chi connectivity index (χ4n) is 2.89. The predicted octanol–water partition coefficient (Wildman–Crippen LogP) is 4.38. The van der Waals surface area contributed by atoms with Crippen molar-refractivity contribution in [2.45, 2.75) is 11.4 Å². The Hall–Kier alpha value is -3.38. The number of nitrogens with one attached hydrogen (secondary N) is 1. The summed E-state index contributed by atoms with van der Waals surface area (Å²) in [5.74, 6) is -1.28. The van der Waals surface area contributed by atoms with Crippen molar-refractivity contribution in [2.24, 2.45) is 5.10 Å². The van der Waals surface area contributed by atoms with Crippen molar-refractivity contribution < 1.29 is 22.5 Å². The Morgan fingerprint density at radius 2 is 1.74 bits per heavy atom. The molecule has 1 N–H and O–H groups in total. The minimum atomic E-state index is -4.15. The Morgan fingerprint density at radius 1 is 1.09 bits per heavy atom. The molecule has 0 unspecified atom stereocenters. The first kappa shape index (κ1) is 26.2. The molecular weight excluding hydrogens is 522 g/mol. The third kappa shape index (κ3) is 7.06. The SMILES string of the molecule is O=C(CN(Cc1ccc(F)cc1)S(=O)(=O)c1ccc(Cl)cc1)N/N=C\c1cc([N+](=O)[O-])ccc1Cl. The molecule has 0 fully saturated rings. The number of carbonyl (C=O) groups is 1. The molecule has 1 amide bonds. The molecule has 0 bridgehead atoms. The van der Waals surface area contributed by atoms with E-state index < -0.39 is 33.2 Å². The lowest BCUT2D eigenvalue weighted by Crippen LogP contribution is -2.39. The van der Waals surface area contributed by atoms with E-state index in [4.69, 9.17) is 23.2 Å². The number of carbonyl (C=O) groups excluding carboxylic acids is 1. The molecule has 3 rings (SSSR count). The van der Waals surface area contributed by atoms with Gasteiger partial charge in [-0.05, 0) is 48.0 Å². The van der Waals surface area contributed by atoms with Crippen LogP contribution in [0.1, 0.15) is 11.1 Å². The summed E-state index contributed by atoms with van der Waals surface area (Å²) in [5, 5.41) is 15.1. The Morgan fingerprint density at radius 3 is 2.37 bits per heavy atom. The summed E-state index contributed by atoms with van der Waals surface area (Å²) in [6.07, 6.45) is 1.10. The van der Waals surface area contributed by atoms with Crippen LogP contribution in [0.5, 0.6) is 0 Å². The van der Waals surface area contributed by atoms with Crippen molar-refractivity contribution in [3.05, 3.63) is 104 Å². The Kier molecular flexibility index (Phi) is 8.52. The predicted molar refractivity (Wildman–Crippen MR) is 129 cm³/mol. The zero-order valence-electron chi connectivity index (χ0n) is 17.8. The summed E-state index contributed by atoms with van der Waals surface area (Å²) in [4.78, 5) is 22.7. The summed E-state index contributed by atoms with van der Waals surface area (Å²) < 4.78 is 40.6. The number of hydrogen-bond donors (Lipinski definition) is 1. The van der Waals surface area contributed by atoms with Gasteiger partial charge >= 0.3 is 0 Å². The van der Waals surface area contributed by atoms with Gasteiger partial charge in [-0.3, -0.25) is 14.9 Å². The first-order chi connectivity index (χ1) is 16.6. The number of non-ortho nitro benzene ring substituents is 1. The molecule has 0 atom stereocenters. The summed E-state index contributed by atoms with van der Waals surface area (Å²) in [6, 6.07) is 14.3. The highest BCUT2D eigenvalue weighted by molar-refractivity contribution is 7.89. The van der Waals surface area contributed by atoms with Gasteiger partial charge in [-0.1, -0.05) is 35.3 Å². The average Bonchev–Trinajstić information content (AvgIpc) is 2.81. The second-order valence-electron chi connectivity index (χ2n) is 7.11. The molecule has 9 nitrogen and oxygen atoms in total. The third-order valence-electron chi connectivity index (χ3n) is 4.63. The van der Waals surface area contributed by atoms with Crippen LogP contribution < -0.4 is 5.43 Å². The fraction of sp³-hybridized carbons (Fsp3) is 0.0909. The molecule has 0 aromatic heterocycles. The molecule has 0 spiro atoms. The normalized spacial score (nSPS) is 11.7. The van der Waals surface area contributed by atoms with E-state index >= 15 is 0 Å². The van der Waals surface area contributed by atoms with E-state index in [0.717, 1.165) is 10.5 Å². The molecule has 13 heteroatoms. The van der Waals surface area contributed by atoms with E-state index in [1.54, 1.807) is 0 Å². The van der Waals surface area contributed by atoms with Crippen LogP contribution >= 0.6 is 23.2 Å². The molecule has 0 aliphatic rings. The Labute approximate surface area is 210 Å². The highest BCUT2D eigenvalue weighted by Gasteiger charge is 2.27. The first-order valence-corrected chi connectivity index (χ1v) is 12.0. The molecule has 3 aromatic rings. The van der Waals surface area contributed by atoms with Crippen molar-refractivity contribution in [3.8, 4) is 0 Å². The third-order valence-corrected chi connectivity index (χ3v) is 7.03. The van der Waals surface area contributed by atoms with Gasteiger partial charge in [-0.15, -0.1) is 0 Å². The number of halogens is 3. The molecule has 0 radical (unpaired) electrons. The van der Waals surface area contributed by atoms with Gasteiger partial charge in [0.25, 0.3) is 11.6 Å². The van der Waals surface area contributed by atoms with E-state index in [1.165, 1.54) is 66.7 Å². The van der Waals surface area contributed by atoms with Crippen LogP contribution in [0.2, 0.25) is 10.0 Å². The number of amides is 1. The van der Waals surface area contributed by atoms with Crippen LogP contribution in [-0.4, -0.2) is 36.3 Å². The number of nitro benzene ring substituents is 1. The maximum atomic E-state index is 13.3. The number of rotatable bonds is 9. The van der Waals surface area contributed by atoms with Crippen LogP contribution in [0.15, 0.2) is 76.7 Å². The average molecular weight is 539 g/mol. The maximum Gasteiger partial charge on any atom is 0.270 e. The highest BCUT2D eigenvalue weighted by Crippen LogP contribution is 2.22. The lowest BCUT2D eigenvalue weighted by atomic mass is 10.2. The monoisotopic (exact) mass is 538 g/mol. The molecule has 182 valence electrons. The highest BCUT2D eigenvalue weighted by atomic mass is 35.5. The lowest BCUT2D eigenvalue weighted by molar-refractivity contribution is -0.384. The van der Waals surface area contributed by atoms with Crippen molar-refractivity contribution in [1.82, 2.24) is 9.73 Å². The van der Waals surface area contributed by atoms with Gasteiger partial charge < -0.3 is 0 Å². The number of hydrazone groups is 1. The number of sulfonamides is 1. The first-order valence-electron chi connectivity index (χ1n) is 9.82. The lowest BCUT2D eigenvalue weighted by Gasteiger charge is -2.21. The van der Waals surface area contributed by atoms with E-state index in [0.29, 0.717) is 10.6 Å². The van der Waals surface area contributed by atoms with E-state index in [9.17, 15) is 27.7 Å². The topological polar surface area (TPSA) is 122 Å². The van der Waals surface area contributed by atoms with Crippen LogP contribution in [0.25, 0.3) is 0 Å². The van der Waals surface area contributed by atoms with E-state index in [2.05, 4.69) is 10.5 Å². The van der Waals surface area contributed by atoms with Crippen LogP contribution in [0.3, 0.4) is 0 Å². The molecule has 0 saturated heterocycles. The summed E-state index contributed by atoms with van der Waals surface area (Å²) >= 11 is 11.8. The number of nitrogens with zero attached hydrogens (tertiary/aromatic N) is 3. The summed E-state index contributed by atoms with van der Waals surface area (Å²) in [5.41, 5.74) is 2.59. The van der Waals surface area contributed by atoms with Gasteiger partial charge in [-0.2, -0.15) is 9.41 Å². The van der Waals surface area contributed by atoms with Crippen molar-refractivity contribution in [3.63, 3.8) is 0 Å². The molecule has 0 aliphatic carbocycles. The zero-order valence-corrected chi connectivity index (χ0v) is 20.1. The van der Waals surface area contributed by atoms with Crippen molar-refractivity contribution >= 4 is 51.0 Å². The largest absolute Gasteiger partial charge is 0.272 e. The Balaban J connectivity index is 1.80. The Bertz CT molecular complexity index is 1370. The summed E-state index contributed by atoms with van der Waals surface area (Å²) in [7, 11) is -4.15. The minimum Gasteiger partial charge on any atom is -0.272 e. The fourth-order valence-corrected chi connectivity index (χ4v) is 4.56. The molecule has 0 aliphatic heterocycles. The van der Waals surface area contributed by atoms with E-state index in [1.807, 2.05) is 0 Å². The van der Waals surface area contributed by atoms with Gasteiger partial charge in [0.2, 0.25) is 10.0 Å². The van der Waals surface area contributed by atoms with Gasteiger partial charge in [-0.25, -0.2) is 18.2 Å². The maximum absolute atomic E-state index is 13.3. The molecule has 35 heavy (non-hydrogen) atoms. The minimum absolute atomic E-state index is 0.0938. The van der Waals surface area contributed by atoms with Gasteiger partial charge in [0.1, 0.15) is 5.82 Å². The van der Waals surface area contributed by atoms with Gasteiger partial charge in [0.15, 0.2) is 0 Å². The van der Waals surface area contributed by atoms with Crippen LogP contribution in [0.4, 0.5) is 10.1 Å². The second kappa shape index (κ2) is 11.4. The van der Waals surface area contributed by atoms with Crippen LogP contribution in [-0.2, 0) is 21.4 Å². The summed E-state index contributed by atoms with van der Waals surface area (Å²) in [6.45, 7) is -0.846. The molecule has 0 saturated carbocycles. The number of hydrogen-bond acceptors (Lipinski definition) is 6. The standard InChI is InChI=1S/C22H17Cl2FN4O5S/c23-17-3-8-20(9-4-17)35(33,34)28(13-15-1-5-18(25)6-2-15)14-22(30)27-26-12-16-11-19(29(31)32)7-10-21(16)24/h1-12H,13-14H2,(H,27,30)/b26-12-. The molecular formula is C22H17Cl2FN4O5S. The molecule has 3 aromatic carbocycles. The second-order valence-corrected chi connectivity index (χ2v) is 9.89. The van der Waals surface area contributed by atoms with Crippen LogP contribution in [0, 0.1) is 15.9 Å². The van der Waals surface area contributed by atoms with Crippen molar-refractivity contribution in [1.29, 1.82) is 0 Å². The molecule has 0 heterocycles. The van der Waals surface area contributed by atoms with Gasteiger partial charge in [0, 0.05) is 34.3 Å². The van der Waals surface area contributed by atoms with Gasteiger partial charge in [0.05, 0.1) is 22.6 Å². The number of benzene rings is 3.